The van der Waals surface area contributed by atoms with E-state index in [1.165, 1.54) is 25.5 Å². The highest BCUT2D eigenvalue weighted by molar-refractivity contribution is 7.90. The highest BCUT2D eigenvalue weighted by atomic mass is 32.2. The summed E-state index contributed by atoms with van der Waals surface area (Å²) < 4.78 is 22.6. The Labute approximate surface area is 103 Å². The molecule has 1 unspecified atom stereocenters. The van der Waals surface area contributed by atoms with Crippen molar-refractivity contribution in [3.63, 3.8) is 0 Å². The summed E-state index contributed by atoms with van der Waals surface area (Å²) in [6.07, 6.45) is 5.17. The highest BCUT2D eigenvalue weighted by Crippen LogP contribution is 2.31. The Balaban J connectivity index is 2.03. The van der Waals surface area contributed by atoms with Crippen molar-refractivity contribution in [2.75, 3.05) is 11.6 Å². The fourth-order valence-corrected chi connectivity index (χ4v) is 2.75. The van der Waals surface area contributed by atoms with Gasteiger partial charge < -0.3 is 5.32 Å². The number of rotatable bonds is 4. The molecule has 1 fully saturated rings. The number of hydrogen-bond donors (Lipinski definition) is 1. The smallest absolute Gasteiger partial charge is 0.175 e. The van der Waals surface area contributed by atoms with Crippen LogP contribution in [0.1, 0.15) is 26.2 Å². The van der Waals surface area contributed by atoms with E-state index in [1.54, 1.807) is 12.1 Å². The van der Waals surface area contributed by atoms with Crippen LogP contribution in [-0.4, -0.2) is 20.7 Å². The summed E-state index contributed by atoms with van der Waals surface area (Å²) in [5.74, 6) is 0.768. The fraction of sp³-hybridized carbons (Fsp3) is 0.538. The van der Waals surface area contributed by atoms with Crippen LogP contribution in [0.3, 0.4) is 0 Å². The minimum atomic E-state index is -3.09. The predicted octanol–water partition coefficient (Wildman–Crippen LogP) is 2.69. The van der Waals surface area contributed by atoms with Crippen LogP contribution in [0.15, 0.2) is 29.2 Å². The molecule has 0 aliphatic heterocycles. The molecule has 17 heavy (non-hydrogen) atoms. The summed E-state index contributed by atoms with van der Waals surface area (Å²) in [6.45, 7) is 2.19. The van der Waals surface area contributed by atoms with Crippen LogP contribution in [0.25, 0.3) is 0 Å². The lowest BCUT2D eigenvalue weighted by molar-refractivity contribution is 0.285. The second-order valence-electron chi connectivity index (χ2n) is 4.92. The minimum absolute atomic E-state index is 0.374. The van der Waals surface area contributed by atoms with Crippen LogP contribution >= 0.6 is 0 Å². The maximum absolute atomic E-state index is 11.3. The van der Waals surface area contributed by atoms with Gasteiger partial charge in [-0.1, -0.05) is 6.42 Å². The van der Waals surface area contributed by atoms with Gasteiger partial charge in [0.1, 0.15) is 0 Å². The van der Waals surface area contributed by atoms with Gasteiger partial charge in [-0.25, -0.2) is 8.42 Å². The molecule has 4 heteroatoms. The predicted molar refractivity (Wildman–Crippen MR) is 70.0 cm³/mol. The molecular weight excluding hydrogens is 234 g/mol. The molecule has 0 aromatic heterocycles. The van der Waals surface area contributed by atoms with Crippen molar-refractivity contribution in [1.29, 1.82) is 0 Å². The van der Waals surface area contributed by atoms with E-state index in [-0.39, 0.29) is 0 Å². The molecule has 1 aromatic carbocycles. The normalized spacial score (nSPS) is 18.5. The molecule has 0 amide bonds. The molecule has 2 rings (SSSR count). The number of anilines is 1. The lowest BCUT2D eigenvalue weighted by Crippen LogP contribution is -2.30. The zero-order chi connectivity index (χ0) is 12.5. The van der Waals surface area contributed by atoms with Crippen molar-refractivity contribution in [3.8, 4) is 0 Å². The Morgan fingerprint density at radius 1 is 1.24 bits per heavy atom. The van der Waals surface area contributed by atoms with E-state index in [0.29, 0.717) is 10.9 Å². The summed E-state index contributed by atoms with van der Waals surface area (Å²) in [7, 11) is -3.09. The van der Waals surface area contributed by atoms with E-state index < -0.39 is 9.84 Å². The van der Waals surface area contributed by atoms with Gasteiger partial charge in [-0.2, -0.15) is 0 Å². The minimum Gasteiger partial charge on any atom is -0.382 e. The molecule has 3 nitrogen and oxygen atoms in total. The van der Waals surface area contributed by atoms with Crippen molar-refractivity contribution >= 4 is 15.5 Å². The van der Waals surface area contributed by atoms with Crippen LogP contribution < -0.4 is 5.32 Å². The van der Waals surface area contributed by atoms with Crippen LogP contribution in [0.4, 0.5) is 5.69 Å². The molecule has 0 spiro atoms. The number of sulfone groups is 1. The Bertz CT molecular complexity index is 475. The maximum atomic E-state index is 11.3. The van der Waals surface area contributed by atoms with E-state index in [9.17, 15) is 8.42 Å². The quantitative estimate of drug-likeness (QED) is 0.897. The van der Waals surface area contributed by atoms with E-state index in [2.05, 4.69) is 12.2 Å². The van der Waals surface area contributed by atoms with E-state index in [1.807, 2.05) is 12.1 Å². The van der Waals surface area contributed by atoms with Crippen LogP contribution in [-0.2, 0) is 9.84 Å². The van der Waals surface area contributed by atoms with Crippen LogP contribution in [0, 0.1) is 5.92 Å². The molecular formula is C13H19NO2S. The first kappa shape index (κ1) is 12.4. The largest absolute Gasteiger partial charge is 0.382 e. The Hall–Kier alpha value is -1.03. The first-order valence-electron chi connectivity index (χ1n) is 6.03. The average Bonchev–Trinajstić information content (AvgIpc) is 2.13. The summed E-state index contributed by atoms with van der Waals surface area (Å²) in [5, 5.41) is 3.43. The zero-order valence-corrected chi connectivity index (χ0v) is 11.1. The molecule has 1 atom stereocenters. The second kappa shape index (κ2) is 4.69. The third kappa shape index (κ3) is 3.00. The van der Waals surface area contributed by atoms with Crippen molar-refractivity contribution in [1.82, 2.24) is 0 Å². The van der Waals surface area contributed by atoms with Gasteiger partial charge in [0.25, 0.3) is 0 Å². The van der Waals surface area contributed by atoms with E-state index in [4.69, 9.17) is 0 Å². The van der Waals surface area contributed by atoms with Gasteiger partial charge in [-0.15, -0.1) is 0 Å². The van der Waals surface area contributed by atoms with Gasteiger partial charge in [0.05, 0.1) is 4.90 Å². The fourth-order valence-electron chi connectivity index (χ4n) is 2.12. The van der Waals surface area contributed by atoms with Gasteiger partial charge in [-0.05, 0) is 49.9 Å². The van der Waals surface area contributed by atoms with E-state index >= 15 is 0 Å². The maximum Gasteiger partial charge on any atom is 0.175 e. The SMILES string of the molecule is CC(Nc1ccc(S(C)(=O)=O)cc1)C1CCC1. The molecule has 1 saturated carbocycles. The monoisotopic (exact) mass is 253 g/mol. The summed E-state index contributed by atoms with van der Waals surface area (Å²) in [6, 6.07) is 7.46. The van der Waals surface area contributed by atoms with Gasteiger partial charge in [0.2, 0.25) is 0 Å². The third-order valence-corrected chi connectivity index (χ3v) is 4.66. The van der Waals surface area contributed by atoms with Gasteiger partial charge in [0.15, 0.2) is 9.84 Å². The first-order valence-corrected chi connectivity index (χ1v) is 7.92. The first-order chi connectivity index (χ1) is 7.97. The molecule has 94 valence electrons. The molecule has 0 saturated heterocycles. The third-order valence-electron chi connectivity index (χ3n) is 3.53. The van der Waals surface area contributed by atoms with E-state index in [0.717, 1.165) is 11.6 Å². The molecule has 0 bridgehead atoms. The van der Waals surface area contributed by atoms with Crippen LogP contribution in [0.2, 0.25) is 0 Å². The Kier molecular flexibility index (Phi) is 3.43. The molecule has 1 aliphatic carbocycles. The molecule has 1 aromatic rings. The van der Waals surface area contributed by atoms with Crippen molar-refractivity contribution in [3.05, 3.63) is 24.3 Å². The summed E-state index contributed by atoms with van der Waals surface area (Å²) >= 11 is 0. The van der Waals surface area contributed by atoms with Crippen molar-refractivity contribution < 1.29 is 8.42 Å². The van der Waals surface area contributed by atoms with Gasteiger partial charge in [-0.3, -0.25) is 0 Å². The Morgan fingerprint density at radius 3 is 2.24 bits per heavy atom. The molecule has 1 aliphatic rings. The molecule has 0 heterocycles. The van der Waals surface area contributed by atoms with Gasteiger partial charge in [0, 0.05) is 18.0 Å². The van der Waals surface area contributed by atoms with Crippen molar-refractivity contribution in [2.45, 2.75) is 37.1 Å². The lowest BCUT2D eigenvalue weighted by Gasteiger charge is -2.32. The zero-order valence-electron chi connectivity index (χ0n) is 10.3. The summed E-state index contributed by atoms with van der Waals surface area (Å²) in [5.41, 5.74) is 0.997. The number of nitrogens with one attached hydrogen (secondary N) is 1. The standard InChI is InChI=1S/C13H19NO2S/c1-10(11-4-3-5-11)14-12-6-8-13(9-7-12)17(2,15)16/h6-11,14H,3-5H2,1-2H3. The average molecular weight is 253 g/mol. The highest BCUT2D eigenvalue weighted by Gasteiger charge is 2.23. The topological polar surface area (TPSA) is 46.2 Å². The Morgan fingerprint density at radius 2 is 1.82 bits per heavy atom. The lowest BCUT2D eigenvalue weighted by atomic mass is 9.80. The van der Waals surface area contributed by atoms with Crippen molar-refractivity contribution in [2.24, 2.45) is 5.92 Å². The number of benzene rings is 1. The number of hydrogen-bond acceptors (Lipinski definition) is 3. The van der Waals surface area contributed by atoms with Crippen LogP contribution in [0.5, 0.6) is 0 Å². The van der Waals surface area contributed by atoms with Gasteiger partial charge >= 0.3 is 0 Å². The molecule has 0 radical (unpaired) electrons. The summed E-state index contributed by atoms with van der Waals surface area (Å²) in [4.78, 5) is 0.374. The molecule has 1 N–H and O–H groups in total. The second-order valence-corrected chi connectivity index (χ2v) is 6.94.